The maximum absolute atomic E-state index is 12.7. The molecule has 0 bridgehead atoms. The van der Waals surface area contributed by atoms with Crippen molar-refractivity contribution in [2.24, 2.45) is 5.73 Å². The van der Waals surface area contributed by atoms with Crippen LogP contribution in [0.2, 0.25) is 0 Å². The van der Waals surface area contributed by atoms with Gasteiger partial charge in [0.15, 0.2) is 0 Å². The fraction of sp³-hybridized carbons (Fsp3) is 0.400. The first-order chi connectivity index (χ1) is 12.6. The van der Waals surface area contributed by atoms with Gasteiger partial charge < -0.3 is 20.9 Å². The molecule has 0 radical (unpaired) electrons. The maximum atomic E-state index is 12.7. The van der Waals surface area contributed by atoms with Gasteiger partial charge in [-0.2, -0.15) is 0 Å². The Kier molecular flexibility index (Phi) is 4.41. The van der Waals surface area contributed by atoms with Gasteiger partial charge in [0.1, 0.15) is 5.82 Å². The predicted molar refractivity (Wildman–Crippen MR) is 100 cm³/mol. The van der Waals surface area contributed by atoms with Gasteiger partial charge in [-0.05, 0) is 61.6 Å². The lowest BCUT2D eigenvalue weighted by atomic mass is 9.98. The van der Waals surface area contributed by atoms with Crippen LogP contribution in [0.1, 0.15) is 36.0 Å². The number of rotatable bonds is 3. The molecule has 1 aromatic rings. The first-order valence-corrected chi connectivity index (χ1v) is 9.28. The summed E-state index contributed by atoms with van der Waals surface area (Å²) in [4.78, 5) is 28.1. The van der Waals surface area contributed by atoms with Gasteiger partial charge in [-0.25, -0.2) is 0 Å². The minimum absolute atomic E-state index is 0.171. The van der Waals surface area contributed by atoms with Gasteiger partial charge >= 0.3 is 0 Å². The number of nitrogens with one attached hydrogen (secondary N) is 1. The van der Waals surface area contributed by atoms with Crippen LogP contribution in [0, 0.1) is 0 Å². The molecule has 1 aromatic carbocycles. The average molecular weight is 352 g/mol. The topological polar surface area (TPSA) is 78.7 Å². The number of benzene rings is 1. The van der Waals surface area contributed by atoms with Gasteiger partial charge in [0.25, 0.3) is 5.91 Å². The second kappa shape index (κ2) is 6.86. The van der Waals surface area contributed by atoms with Gasteiger partial charge in [-0.3, -0.25) is 9.59 Å². The van der Waals surface area contributed by atoms with Crippen molar-refractivity contribution in [2.45, 2.75) is 25.7 Å². The van der Waals surface area contributed by atoms with Gasteiger partial charge in [0, 0.05) is 43.0 Å². The third-order valence-corrected chi connectivity index (χ3v) is 5.33. The number of hydrogen-bond donors (Lipinski definition) is 2. The molecular formula is C20H24N4O2. The van der Waals surface area contributed by atoms with Crippen LogP contribution in [0.3, 0.4) is 0 Å². The normalized spacial score (nSPS) is 19.8. The van der Waals surface area contributed by atoms with E-state index in [0.717, 1.165) is 62.4 Å². The number of nitrogens with two attached hydrogens (primary N) is 1. The molecule has 2 amide bonds. The van der Waals surface area contributed by atoms with Crippen molar-refractivity contribution in [3.05, 3.63) is 52.9 Å². The number of hydrogen-bond acceptors (Lipinski definition) is 4. The van der Waals surface area contributed by atoms with Crippen LogP contribution >= 0.6 is 0 Å². The molecule has 6 heteroatoms. The SMILES string of the molecule is NC(=O)c1ccc(N2CCCC3=C2NCC(C(=O)N2CCCC2)=C3)cc1. The summed E-state index contributed by atoms with van der Waals surface area (Å²) >= 11 is 0. The van der Waals surface area contributed by atoms with Crippen molar-refractivity contribution >= 4 is 17.5 Å². The summed E-state index contributed by atoms with van der Waals surface area (Å²) in [6.45, 7) is 3.22. The molecule has 6 nitrogen and oxygen atoms in total. The minimum atomic E-state index is -0.418. The Labute approximate surface area is 153 Å². The zero-order chi connectivity index (χ0) is 18.1. The molecule has 0 aromatic heterocycles. The highest BCUT2D eigenvalue weighted by molar-refractivity contribution is 5.95. The second-order valence-corrected chi connectivity index (χ2v) is 7.06. The average Bonchev–Trinajstić information content (AvgIpc) is 3.21. The summed E-state index contributed by atoms with van der Waals surface area (Å²) < 4.78 is 0. The lowest BCUT2D eigenvalue weighted by Gasteiger charge is -2.36. The number of amides is 2. The smallest absolute Gasteiger partial charge is 0.251 e. The monoisotopic (exact) mass is 352 g/mol. The molecule has 3 N–H and O–H groups in total. The van der Waals surface area contributed by atoms with Crippen LogP contribution in [0.5, 0.6) is 0 Å². The van der Waals surface area contributed by atoms with E-state index in [9.17, 15) is 9.59 Å². The van der Waals surface area contributed by atoms with Crippen molar-refractivity contribution in [3.63, 3.8) is 0 Å². The lowest BCUT2D eigenvalue weighted by molar-refractivity contribution is -0.126. The molecule has 0 saturated carbocycles. The molecule has 0 spiro atoms. The largest absolute Gasteiger partial charge is 0.367 e. The highest BCUT2D eigenvalue weighted by Crippen LogP contribution is 2.30. The molecule has 0 unspecified atom stereocenters. The Morgan fingerprint density at radius 1 is 1.00 bits per heavy atom. The molecule has 3 heterocycles. The summed E-state index contributed by atoms with van der Waals surface area (Å²) in [6.07, 6.45) is 6.29. The molecule has 26 heavy (non-hydrogen) atoms. The molecule has 0 aliphatic carbocycles. The van der Waals surface area contributed by atoms with E-state index >= 15 is 0 Å². The minimum Gasteiger partial charge on any atom is -0.367 e. The van der Waals surface area contributed by atoms with Crippen LogP contribution in [-0.4, -0.2) is 42.9 Å². The van der Waals surface area contributed by atoms with Crippen molar-refractivity contribution in [3.8, 4) is 0 Å². The van der Waals surface area contributed by atoms with E-state index in [1.54, 1.807) is 12.1 Å². The Bertz CT molecular complexity index is 789. The van der Waals surface area contributed by atoms with E-state index in [-0.39, 0.29) is 5.91 Å². The third kappa shape index (κ3) is 3.07. The van der Waals surface area contributed by atoms with E-state index < -0.39 is 5.91 Å². The fourth-order valence-corrected chi connectivity index (χ4v) is 3.95. The van der Waals surface area contributed by atoms with Crippen molar-refractivity contribution in [1.82, 2.24) is 10.2 Å². The number of likely N-dealkylation sites (tertiary alicyclic amines) is 1. The Balaban J connectivity index is 1.59. The molecule has 3 aliphatic heterocycles. The lowest BCUT2D eigenvalue weighted by Crippen LogP contribution is -2.42. The molecule has 136 valence electrons. The fourth-order valence-electron chi connectivity index (χ4n) is 3.95. The summed E-state index contributed by atoms with van der Waals surface area (Å²) in [5.74, 6) is 0.824. The molecule has 1 fully saturated rings. The second-order valence-electron chi connectivity index (χ2n) is 7.06. The van der Waals surface area contributed by atoms with E-state index in [2.05, 4.69) is 16.3 Å². The summed E-state index contributed by atoms with van der Waals surface area (Å²) in [7, 11) is 0. The molecule has 3 aliphatic rings. The molecule has 1 saturated heterocycles. The number of allylic oxidation sites excluding steroid dienone is 2. The van der Waals surface area contributed by atoms with Gasteiger partial charge in [0.05, 0.1) is 0 Å². The molecule has 0 atom stereocenters. The van der Waals surface area contributed by atoms with Crippen LogP contribution in [-0.2, 0) is 4.79 Å². The number of carbonyl (C=O) groups is 2. The maximum Gasteiger partial charge on any atom is 0.251 e. The number of nitrogens with zero attached hydrogens (tertiary/aromatic N) is 2. The van der Waals surface area contributed by atoms with Gasteiger partial charge in [0.2, 0.25) is 5.91 Å². The zero-order valence-electron chi connectivity index (χ0n) is 14.8. The van der Waals surface area contributed by atoms with Crippen molar-refractivity contribution in [2.75, 3.05) is 31.1 Å². The Morgan fingerprint density at radius 2 is 1.73 bits per heavy atom. The Hall–Kier alpha value is -2.76. The summed E-state index contributed by atoms with van der Waals surface area (Å²) in [5, 5.41) is 3.46. The standard InChI is InChI=1S/C20H24N4O2/c21-18(25)14-5-7-17(8-6-14)24-11-3-4-15-12-16(13-22-19(15)24)20(26)23-9-1-2-10-23/h5-8,12,22H,1-4,9-11,13H2,(H2,21,25). The van der Waals surface area contributed by atoms with Crippen molar-refractivity contribution in [1.29, 1.82) is 0 Å². The van der Waals surface area contributed by atoms with E-state index in [1.807, 2.05) is 17.0 Å². The van der Waals surface area contributed by atoms with Crippen molar-refractivity contribution < 1.29 is 9.59 Å². The summed E-state index contributed by atoms with van der Waals surface area (Å²) in [5.41, 5.74) is 8.90. The van der Waals surface area contributed by atoms with E-state index in [1.165, 1.54) is 5.57 Å². The zero-order valence-corrected chi connectivity index (χ0v) is 14.8. The third-order valence-electron chi connectivity index (χ3n) is 5.33. The Morgan fingerprint density at radius 3 is 2.42 bits per heavy atom. The number of carbonyl (C=O) groups excluding carboxylic acids is 2. The van der Waals surface area contributed by atoms with Crippen LogP contribution < -0.4 is 16.0 Å². The summed E-state index contributed by atoms with van der Waals surface area (Å²) in [6, 6.07) is 7.36. The molecule has 4 rings (SSSR count). The number of anilines is 1. The first kappa shape index (κ1) is 16.7. The number of primary amides is 1. The van der Waals surface area contributed by atoms with E-state index in [0.29, 0.717) is 12.1 Å². The van der Waals surface area contributed by atoms with Gasteiger partial charge in [-0.15, -0.1) is 0 Å². The van der Waals surface area contributed by atoms with Crippen LogP contribution in [0.4, 0.5) is 5.69 Å². The first-order valence-electron chi connectivity index (χ1n) is 9.28. The number of dihydropyridines is 1. The van der Waals surface area contributed by atoms with Crippen LogP contribution in [0.15, 0.2) is 47.3 Å². The predicted octanol–water partition coefficient (Wildman–Crippen LogP) is 1.75. The molecular weight excluding hydrogens is 328 g/mol. The quantitative estimate of drug-likeness (QED) is 0.869. The van der Waals surface area contributed by atoms with Crippen LogP contribution in [0.25, 0.3) is 0 Å². The highest BCUT2D eigenvalue weighted by atomic mass is 16.2. The van der Waals surface area contributed by atoms with Gasteiger partial charge in [-0.1, -0.05) is 0 Å². The van der Waals surface area contributed by atoms with E-state index in [4.69, 9.17) is 5.73 Å². The highest BCUT2D eigenvalue weighted by Gasteiger charge is 2.28.